The van der Waals surface area contributed by atoms with E-state index in [0.717, 1.165) is 6.07 Å². The van der Waals surface area contributed by atoms with E-state index in [1.54, 1.807) is 6.92 Å². The van der Waals surface area contributed by atoms with E-state index in [9.17, 15) is 24.5 Å². The highest BCUT2D eigenvalue weighted by atomic mass is 16.6. The summed E-state index contributed by atoms with van der Waals surface area (Å²) in [5, 5.41) is 16.1. The van der Waals surface area contributed by atoms with Crippen molar-refractivity contribution in [1.29, 1.82) is 0 Å². The van der Waals surface area contributed by atoms with Crippen LogP contribution < -0.4 is 10.6 Å². The van der Waals surface area contributed by atoms with Gasteiger partial charge in [0.25, 0.3) is 11.6 Å². The molecule has 0 spiro atoms. The summed E-state index contributed by atoms with van der Waals surface area (Å²) in [6.45, 7) is 2.99. The van der Waals surface area contributed by atoms with Crippen LogP contribution >= 0.6 is 0 Å². The zero-order chi connectivity index (χ0) is 20.6. The maximum Gasteiger partial charge on any atom is 0.341 e. The topological polar surface area (TPSA) is 137 Å². The minimum absolute atomic E-state index is 0.0778. The number of carbonyl (C=O) groups excluding carboxylic acids is 3. The molecule has 0 fully saturated rings. The summed E-state index contributed by atoms with van der Waals surface area (Å²) in [4.78, 5) is 46.3. The molecule has 10 heteroatoms. The molecule has 1 amide bonds. The second-order valence-corrected chi connectivity index (χ2v) is 5.77. The van der Waals surface area contributed by atoms with E-state index in [4.69, 9.17) is 4.74 Å². The molecule has 0 aromatic heterocycles. The van der Waals surface area contributed by atoms with Crippen LogP contribution in [0.5, 0.6) is 0 Å². The van der Waals surface area contributed by atoms with Crippen molar-refractivity contribution in [1.82, 2.24) is 5.32 Å². The minimum atomic E-state index is -0.906. The predicted molar refractivity (Wildman–Crippen MR) is 96.3 cm³/mol. The molecule has 0 bridgehead atoms. The van der Waals surface area contributed by atoms with Crippen molar-refractivity contribution >= 4 is 29.2 Å². The van der Waals surface area contributed by atoms with Crippen LogP contribution in [0.25, 0.3) is 0 Å². The Kier molecular flexibility index (Phi) is 8.18. The Balaban J connectivity index is 2.81. The number of methoxy groups -OCH3 is 1. The van der Waals surface area contributed by atoms with Gasteiger partial charge in [0.05, 0.1) is 17.6 Å². The Bertz CT molecular complexity index is 720. The Labute approximate surface area is 156 Å². The molecule has 0 heterocycles. The number of carbonyl (C=O) groups is 3. The summed E-state index contributed by atoms with van der Waals surface area (Å²) >= 11 is 0. The maximum atomic E-state index is 12.2. The number of esters is 2. The highest BCUT2D eigenvalue weighted by Crippen LogP contribution is 2.22. The van der Waals surface area contributed by atoms with Crippen LogP contribution in [0, 0.1) is 16.0 Å². The van der Waals surface area contributed by atoms with E-state index in [1.807, 2.05) is 6.92 Å². The summed E-state index contributed by atoms with van der Waals surface area (Å²) in [6.07, 6.45) is 0.624. The average Bonchev–Trinajstić information content (AvgIpc) is 2.68. The van der Waals surface area contributed by atoms with Crippen LogP contribution in [0.2, 0.25) is 0 Å². The fourth-order valence-corrected chi connectivity index (χ4v) is 2.25. The van der Waals surface area contributed by atoms with Crippen molar-refractivity contribution in [3.05, 3.63) is 33.9 Å². The molecule has 1 aromatic carbocycles. The van der Waals surface area contributed by atoms with Crippen molar-refractivity contribution in [3.8, 4) is 0 Å². The van der Waals surface area contributed by atoms with Gasteiger partial charge < -0.3 is 20.1 Å². The molecule has 1 rings (SSSR count). The zero-order valence-corrected chi connectivity index (χ0v) is 15.6. The number of anilines is 1. The first-order valence-electron chi connectivity index (χ1n) is 8.25. The first kappa shape index (κ1) is 21.9. The molecule has 10 nitrogen and oxygen atoms in total. The predicted octanol–water partition coefficient (Wildman–Crippen LogP) is 1.50. The number of rotatable bonds is 9. The average molecular weight is 381 g/mol. The first-order valence-corrected chi connectivity index (χ1v) is 8.25. The zero-order valence-electron chi connectivity index (χ0n) is 15.6. The monoisotopic (exact) mass is 381 g/mol. The highest BCUT2D eigenvalue weighted by Gasteiger charge is 2.27. The number of hydrogen-bond donors (Lipinski definition) is 2. The van der Waals surface area contributed by atoms with Crippen molar-refractivity contribution < 1.29 is 28.8 Å². The van der Waals surface area contributed by atoms with Gasteiger partial charge >= 0.3 is 11.9 Å². The van der Waals surface area contributed by atoms with E-state index in [-0.39, 0.29) is 17.2 Å². The lowest BCUT2D eigenvalue weighted by Gasteiger charge is -2.21. The Morgan fingerprint density at radius 1 is 1.30 bits per heavy atom. The summed E-state index contributed by atoms with van der Waals surface area (Å²) in [7, 11) is 2.75. The van der Waals surface area contributed by atoms with Gasteiger partial charge in [0.1, 0.15) is 6.04 Å². The molecule has 2 atom stereocenters. The second-order valence-electron chi connectivity index (χ2n) is 5.77. The van der Waals surface area contributed by atoms with E-state index >= 15 is 0 Å². The number of nitro groups is 1. The third kappa shape index (κ3) is 5.94. The molecule has 0 aliphatic heterocycles. The number of hydrogen-bond acceptors (Lipinski definition) is 8. The molecule has 0 saturated carbocycles. The molecule has 0 radical (unpaired) electrons. The summed E-state index contributed by atoms with van der Waals surface area (Å²) in [5.74, 6) is -2.36. The van der Waals surface area contributed by atoms with Crippen molar-refractivity contribution in [2.24, 2.45) is 5.92 Å². The number of nitro benzene ring substituents is 1. The quantitative estimate of drug-likeness (QED) is 0.373. The van der Waals surface area contributed by atoms with Gasteiger partial charge in [0.15, 0.2) is 6.61 Å². The van der Waals surface area contributed by atoms with E-state index in [2.05, 4.69) is 15.4 Å². The molecular weight excluding hydrogens is 358 g/mol. The Morgan fingerprint density at radius 2 is 1.96 bits per heavy atom. The van der Waals surface area contributed by atoms with Gasteiger partial charge in [0.2, 0.25) is 0 Å². The van der Waals surface area contributed by atoms with Crippen molar-refractivity contribution in [3.63, 3.8) is 0 Å². The van der Waals surface area contributed by atoms with Crippen molar-refractivity contribution in [2.45, 2.75) is 26.3 Å². The van der Waals surface area contributed by atoms with Gasteiger partial charge in [0, 0.05) is 24.9 Å². The standard InChI is InChI=1S/C17H23N3O7/c1-5-10(2)15(17(23)26-4)19-14(21)9-27-16(22)12-8-11(20(24)25)6-7-13(12)18-3/h6-8,10,15,18H,5,9H2,1-4H3,(H,19,21)/t10-,15-/m0/s1. The number of benzene rings is 1. The largest absolute Gasteiger partial charge is 0.467 e. The molecule has 0 unspecified atom stereocenters. The molecule has 1 aromatic rings. The SMILES string of the molecule is CC[C@H](C)[C@H](NC(=O)COC(=O)c1cc([N+](=O)[O-])ccc1NC)C(=O)OC. The maximum absolute atomic E-state index is 12.2. The van der Waals surface area contributed by atoms with Gasteiger partial charge in [-0.1, -0.05) is 20.3 Å². The lowest BCUT2D eigenvalue weighted by molar-refractivity contribution is -0.384. The first-order chi connectivity index (χ1) is 12.7. The Hall–Kier alpha value is -3.17. The fourth-order valence-electron chi connectivity index (χ4n) is 2.25. The van der Waals surface area contributed by atoms with Crippen LogP contribution in [-0.4, -0.2) is 49.6 Å². The van der Waals surface area contributed by atoms with E-state index < -0.39 is 35.4 Å². The lowest BCUT2D eigenvalue weighted by Crippen LogP contribution is -2.47. The van der Waals surface area contributed by atoms with Crippen molar-refractivity contribution in [2.75, 3.05) is 26.1 Å². The number of amides is 1. The number of ether oxygens (including phenoxy) is 2. The molecule has 27 heavy (non-hydrogen) atoms. The number of nitrogens with one attached hydrogen (secondary N) is 2. The van der Waals surface area contributed by atoms with Gasteiger partial charge in [-0.25, -0.2) is 9.59 Å². The van der Waals surface area contributed by atoms with E-state index in [1.165, 1.54) is 26.3 Å². The Morgan fingerprint density at radius 3 is 2.48 bits per heavy atom. The smallest absolute Gasteiger partial charge is 0.341 e. The van der Waals surface area contributed by atoms with Gasteiger partial charge in [-0.3, -0.25) is 14.9 Å². The minimum Gasteiger partial charge on any atom is -0.467 e. The van der Waals surface area contributed by atoms with Gasteiger partial charge in [-0.2, -0.15) is 0 Å². The fraction of sp³-hybridized carbons (Fsp3) is 0.471. The van der Waals surface area contributed by atoms with E-state index in [0.29, 0.717) is 12.1 Å². The second kappa shape index (κ2) is 10.1. The summed E-state index contributed by atoms with van der Waals surface area (Å²) in [5.41, 5.74) is -0.0445. The normalized spacial score (nSPS) is 12.4. The highest BCUT2D eigenvalue weighted by molar-refractivity contribution is 5.97. The lowest BCUT2D eigenvalue weighted by atomic mass is 9.99. The van der Waals surface area contributed by atoms with Crippen LogP contribution in [0.1, 0.15) is 30.6 Å². The van der Waals surface area contributed by atoms with Crippen LogP contribution in [0.4, 0.5) is 11.4 Å². The van der Waals surface area contributed by atoms with Gasteiger partial charge in [-0.15, -0.1) is 0 Å². The molecule has 0 saturated heterocycles. The molecular formula is C17H23N3O7. The summed E-state index contributed by atoms with van der Waals surface area (Å²) in [6, 6.07) is 2.80. The van der Waals surface area contributed by atoms with Crippen LogP contribution in [-0.2, 0) is 19.1 Å². The van der Waals surface area contributed by atoms with Crippen LogP contribution in [0.3, 0.4) is 0 Å². The number of nitrogens with zero attached hydrogens (tertiary/aromatic N) is 1. The number of non-ortho nitro benzene ring substituents is 1. The molecule has 0 aliphatic rings. The summed E-state index contributed by atoms with van der Waals surface area (Å²) < 4.78 is 9.59. The molecule has 148 valence electrons. The third-order valence-corrected chi connectivity index (χ3v) is 4.02. The molecule has 0 aliphatic carbocycles. The molecule has 2 N–H and O–H groups in total. The van der Waals surface area contributed by atoms with Gasteiger partial charge in [-0.05, 0) is 12.0 Å². The van der Waals surface area contributed by atoms with Crippen LogP contribution in [0.15, 0.2) is 18.2 Å². The third-order valence-electron chi connectivity index (χ3n) is 4.02.